The first-order valence-corrected chi connectivity index (χ1v) is 7.95. The Bertz CT molecular complexity index is 675. The van der Waals surface area contributed by atoms with Crippen LogP contribution in [0.3, 0.4) is 0 Å². The van der Waals surface area contributed by atoms with Gasteiger partial charge in [-0.25, -0.2) is 13.6 Å². The molecule has 4 N–H and O–H groups in total. The van der Waals surface area contributed by atoms with Crippen molar-refractivity contribution in [2.75, 3.05) is 6.54 Å². The third-order valence-corrected chi connectivity index (χ3v) is 4.11. The number of primary sulfonamides is 1. The Morgan fingerprint density at radius 1 is 1.24 bits per heavy atom. The summed E-state index contributed by atoms with van der Waals surface area (Å²) in [6, 6.07) is 2.08. The number of aliphatic carboxylic acids is 1. The zero-order valence-corrected chi connectivity index (χ0v) is 12.9. The fraction of sp³-hybridized carbons (Fsp3) is 0.273. The van der Waals surface area contributed by atoms with Crippen LogP contribution in [-0.4, -0.2) is 31.9 Å². The number of benzene rings is 1. The van der Waals surface area contributed by atoms with Crippen molar-refractivity contribution in [3.63, 3.8) is 0 Å². The van der Waals surface area contributed by atoms with Gasteiger partial charge in [0.1, 0.15) is 4.90 Å². The van der Waals surface area contributed by atoms with E-state index in [4.69, 9.17) is 33.4 Å². The zero-order valence-electron chi connectivity index (χ0n) is 10.6. The van der Waals surface area contributed by atoms with Crippen LogP contribution in [-0.2, 0) is 14.8 Å². The van der Waals surface area contributed by atoms with Crippen molar-refractivity contribution in [1.82, 2.24) is 5.32 Å². The van der Waals surface area contributed by atoms with Crippen LogP contribution in [0.1, 0.15) is 23.2 Å². The number of carboxylic acid groups (broad SMARTS) is 1. The molecule has 116 valence electrons. The van der Waals surface area contributed by atoms with E-state index in [-0.39, 0.29) is 35.0 Å². The van der Waals surface area contributed by atoms with Crippen molar-refractivity contribution < 1.29 is 23.1 Å². The fourth-order valence-electron chi connectivity index (χ4n) is 1.46. The molecule has 1 amide bonds. The lowest BCUT2D eigenvalue weighted by Crippen LogP contribution is -2.25. The summed E-state index contributed by atoms with van der Waals surface area (Å²) >= 11 is 11.5. The summed E-state index contributed by atoms with van der Waals surface area (Å²) in [6.07, 6.45) is 0.130. The van der Waals surface area contributed by atoms with Crippen molar-refractivity contribution in [2.45, 2.75) is 17.7 Å². The molecule has 0 saturated carbocycles. The van der Waals surface area contributed by atoms with Gasteiger partial charge in [0.15, 0.2) is 0 Å². The summed E-state index contributed by atoms with van der Waals surface area (Å²) in [5.74, 6) is -1.63. The Balaban J connectivity index is 2.92. The van der Waals surface area contributed by atoms with Crippen molar-refractivity contribution in [3.05, 3.63) is 27.7 Å². The molecule has 0 aliphatic rings. The van der Waals surface area contributed by atoms with Crippen LogP contribution >= 0.6 is 23.2 Å². The minimum atomic E-state index is -4.09. The van der Waals surface area contributed by atoms with E-state index in [1.54, 1.807) is 0 Å². The van der Waals surface area contributed by atoms with E-state index in [1.807, 2.05) is 0 Å². The Morgan fingerprint density at radius 2 is 1.86 bits per heavy atom. The molecule has 0 unspecified atom stereocenters. The molecule has 0 bridgehead atoms. The average molecular weight is 355 g/mol. The molecule has 0 fully saturated rings. The van der Waals surface area contributed by atoms with Gasteiger partial charge in [0, 0.05) is 13.0 Å². The van der Waals surface area contributed by atoms with Gasteiger partial charge in [-0.1, -0.05) is 23.2 Å². The smallest absolute Gasteiger partial charge is 0.303 e. The van der Waals surface area contributed by atoms with Crippen LogP contribution in [0.5, 0.6) is 0 Å². The molecular weight excluding hydrogens is 343 g/mol. The second-order valence-corrected chi connectivity index (χ2v) is 6.40. The van der Waals surface area contributed by atoms with Gasteiger partial charge in [0.25, 0.3) is 5.91 Å². The van der Waals surface area contributed by atoms with E-state index >= 15 is 0 Å². The van der Waals surface area contributed by atoms with E-state index in [0.29, 0.717) is 0 Å². The van der Waals surface area contributed by atoms with Gasteiger partial charge in [-0.15, -0.1) is 0 Å². The van der Waals surface area contributed by atoms with Crippen molar-refractivity contribution in [1.29, 1.82) is 0 Å². The Kier molecular flexibility index (Phi) is 5.97. The highest BCUT2D eigenvalue weighted by atomic mass is 35.5. The predicted molar refractivity (Wildman–Crippen MR) is 77.0 cm³/mol. The van der Waals surface area contributed by atoms with Crippen LogP contribution < -0.4 is 10.5 Å². The van der Waals surface area contributed by atoms with Crippen LogP contribution in [0.4, 0.5) is 0 Å². The van der Waals surface area contributed by atoms with E-state index in [1.165, 1.54) is 0 Å². The molecule has 0 atom stereocenters. The molecule has 1 rings (SSSR count). The first-order chi connectivity index (χ1) is 9.62. The molecule has 1 aromatic carbocycles. The minimum absolute atomic E-state index is 0.0388. The second kappa shape index (κ2) is 7.08. The Morgan fingerprint density at radius 3 is 2.38 bits per heavy atom. The monoisotopic (exact) mass is 354 g/mol. The summed E-state index contributed by atoms with van der Waals surface area (Å²) < 4.78 is 22.7. The second-order valence-electron chi connectivity index (χ2n) is 4.06. The van der Waals surface area contributed by atoms with Gasteiger partial charge in [-0.3, -0.25) is 9.59 Å². The zero-order chi connectivity index (χ0) is 16.2. The number of amides is 1. The highest BCUT2D eigenvalue weighted by Gasteiger charge is 2.19. The molecular formula is C11H12Cl2N2O5S. The van der Waals surface area contributed by atoms with E-state index < -0.39 is 26.8 Å². The first-order valence-electron chi connectivity index (χ1n) is 5.64. The summed E-state index contributed by atoms with van der Waals surface area (Å²) in [6.45, 7) is 0.106. The van der Waals surface area contributed by atoms with E-state index in [9.17, 15) is 18.0 Å². The molecule has 1 aromatic rings. The largest absolute Gasteiger partial charge is 0.481 e. The lowest BCUT2D eigenvalue weighted by Gasteiger charge is -2.09. The third-order valence-electron chi connectivity index (χ3n) is 2.43. The SMILES string of the molecule is NS(=O)(=O)c1cc(C(=O)NCCCC(=O)O)c(Cl)cc1Cl. The Hall–Kier alpha value is -1.35. The maximum absolute atomic E-state index is 11.9. The summed E-state index contributed by atoms with van der Waals surface area (Å²) in [4.78, 5) is 21.8. The number of halogens is 2. The first kappa shape index (κ1) is 17.7. The number of carbonyl (C=O) groups excluding carboxylic acids is 1. The molecule has 0 aromatic heterocycles. The molecule has 0 radical (unpaired) electrons. The van der Waals surface area contributed by atoms with Crippen molar-refractivity contribution in [3.8, 4) is 0 Å². The Labute approximate surface area is 131 Å². The van der Waals surface area contributed by atoms with Crippen LogP contribution in [0.25, 0.3) is 0 Å². The number of rotatable bonds is 6. The summed E-state index contributed by atoms with van der Waals surface area (Å²) in [5.41, 5.74) is -0.111. The number of nitrogens with two attached hydrogens (primary N) is 1. The number of hydrogen-bond donors (Lipinski definition) is 3. The maximum Gasteiger partial charge on any atom is 0.303 e. The van der Waals surface area contributed by atoms with Gasteiger partial charge >= 0.3 is 5.97 Å². The highest BCUT2D eigenvalue weighted by Crippen LogP contribution is 2.27. The average Bonchev–Trinajstić information content (AvgIpc) is 2.32. The lowest BCUT2D eigenvalue weighted by atomic mass is 10.2. The summed E-state index contributed by atoms with van der Waals surface area (Å²) in [7, 11) is -4.09. The van der Waals surface area contributed by atoms with Gasteiger partial charge in [0.2, 0.25) is 10.0 Å². The summed E-state index contributed by atoms with van der Waals surface area (Å²) in [5, 5.41) is 15.6. The van der Waals surface area contributed by atoms with Crippen LogP contribution in [0.15, 0.2) is 17.0 Å². The normalized spacial score (nSPS) is 11.2. The van der Waals surface area contributed by atoms with Crippen molar-refractivity contribution in [2.24, 2.45) is 5.14 Å². The highest BCUT2D eigenvalue weighted by molar-refractivity contribution is 7.89. The lowest BCUT2D eigenvalue weighted by molar-refractivity contribution is -0.137. The quantitative estimate of drug-likeness (QED) is 0.662. The topological polar surface area (TPSA) is 127 Å². The molecule has 0 aliphatic carbocycles. The fourth-order valence-corrected chi connectivity index (χ4v) is 2.86. The van der Waals surface area contributed by atoms with Crippen molar-refractivity contribution >= 4 is 45.1 Å². The molecule has 0 aliphatic heterocycles. The minimum Gasteiger partial charge on any atom is -0.481 e. The predicted octanol–water partition coefficient (Wildman–Crippen LogP) is 1.24. The number of carbonyl (C=O) groups is 2. The molecule has 10 heteroatoms. The van der Waals surface area contributed by atoms with E-state index in [2.05, 4.69) is 5.32 Å². The van der Waals surface area contributed by atoms with Crippen LogP contribution in [0, 0.1) is 0 Å². The molecule has 0 saturated heterocycles. The van der Waals surface area contributed by atoms with Gasteiger partial charge in [-0.2, -0.15) is 0 Å². The van der Waals surface area contributed by atoms with Gasteiger partial charge < -0.3 is 10.4 Å². The van der Waals surface area contributed by atoms with Gasteiger partial charge in [0.05, 0.1) is 15.6 Å². The van der Waals surface area contributed by atoms with Crippen LogP contribution in [0.2, 0.25) is 10.0 Å². The molecule has 0 spiro atoms. The number of nitrogens with one attached hydrogen (secondary N) is 1. The third kappa shape index (κ3) is 5.16. The molecule has 21 heavy (non-hydrogen) atoms. The van der Waals surface area contributed by atoms with E-state index in [0.717, 1.165) is 12.1 Å². The number of sulfonamides is 1. The van der Waals surface area contributed by atoms with Gasteiger partial charge in [-0.05, 0) is 18.6 Å². The maximum atomic E-state index is 11.9. The number of hydrogen-bond acceptors (Lipinski definition) is 4. The number of carboxylic acids is 1. The molecule has 0 heterocycles. The molecule has 7 nitrogen and oxygen atoms in total. The standard InChI is InChI=1S/C11H12Cl2N2O5S/c12-7-5-8(13)9(21(14,19)20)4-6(7)11(18)15-3-1-2-10(16)17/h4-5H,1-3H2,(H,15,18)(H,16,17)(H2,14,19,20).